The summed E-state index contributed by atoms with van der Waals surface area (Å²) in [4.78, 5) is 2.20. The highest BCUT2D eigenvalue weighted by molar-refractivity contribution is 7.89. The molecule has 5 nitrogen and oxygen atoms in total. The number of nitrogens with one attached hydrogen (secondary N) is 1. The summed E-state index contributed by atoms with van der Waals surface area (Å²) in [7, 11) is 0.217. The van der Waals surface area contributed by atoms with Crippen LogP contribution in [0.1, 0.15) is 22.8 Å². The summed E-state index contributed by atoms with van der Waals surface area (Å²) in [5.41, 5.74) is 3.38. The average Bonchev–Trinajstić information content (AvgIpc) is 2.52. The standard InChI is InChI=1S/C18H24N2O3S/c1-13-5-10-18(14(2)11-13)24(22,23)19-12-17(21)15-6-8-16(9-7-15)20(3)4/h5-11,17,19,21H,12H2,1-4H3. The number of hydrogen-bond donors (Lipinski definition) is 2. The zero-order chi connectivity index (χ0) is 17.9. The third-order valence-electron chi connectivity index (χ3n) is 3.88. The Morgan fingerprint density at radius 2 is 1.71 bits per heavy atom. The number of nitrogens with zero attached hydrogens (tertiary/aromatic N) is 1. The van der Waals surface area contributed by atoms with Gasteiger partial charge in [0.25, 0.3) is 0 Å². The highest BCUT2D eigenvalue weighted by Gasteiger charge is 2.18. The lowest BCUT2D eigenvalue weighted by Gasteiger charge is -2.16. The Morgan fingerprint density at radius 1 is 1.08 bits per heavy atom. The minimum atomic E-state index is -3.65. The van der Waals surface area contributed by atoms with Gasteiger partial charge in [-0.25, -0.2) is 13.1 Å². The fourth-order valence-corrected chi connectivity index (χ4v) is 3.74. The Bertz CT molecular complexity index is 800. The van der Waals surface area contributed by atoms with Gasteiger partial charge in [0.2, 0.25) is 10.0 Å². The van der Waals surface area contributed by atoms with E-state index < -0.39 is 16.1 Å². The summed E-state index contributed by atoms with van der Waals surface area (Å²) in [6, 6.07) is 12.5. The van der Waals surface area contributed by atoms with Crippen LogP contribution in [-0.2, 0) is 10.0 Å². The van der Waals surface area contributed by atoms with E-state index in [1.807, 2.05) is 44.1 Å². The molecule has 0 heterocycles. The Morgan fingerprint density at radius 3 is 2.25 bits per heavy atom. The van der Waals surface area contributed by atoms with E-state index >= 15 is 0 Å². The fraction of sp³-hybridized carbons (Fsp3) is 0.333. The van der Waals surface area contributed by atoms with Gasteiger partial charge in [0.1, 0.15) is 0 Å². The van der Waals surface area contributed by atoms with Crippen LogP contribution in [0.25, 0.3) is 0 Å². The number of rotatable bonds is 6. The Labute approximate surface area is 144 Å². The van der Waals surface area contributed by atoms with E-state index in [2.05, 4.69) is 4.72 Å². The first-order valence-corrected chi connectivity index (χ1v) is 9.21. The molecule has 0 saturated carbocycles. The van der Waals surface area contributed by atoms with Crippen molar-refractivity contribution in [2.45, 2.75) is 24.8 Å². The molecule has 6 heteroatoms. The molecule has 2 rings (SSSR count). The van der Waals surface area contributed by atoms with Gasteiger partial charge in [-0.1, -0.05) is 29.8 Å². The Balaban J connectivity index is 2.08. The molecular weight excluding hydrogens is 324 g/mol. The topological polar surface area (TPSA) is 69.6 Å². The maximum atomic E-state index is 12.4. The molecule has 1 atom stereocenters. The highest BCUT2D eigenvalue weighted by atomic mass is 32.2. The zero-order valence-electron chi connectivity index (χ0n) is 14.4. The minimum absolute atomic E-state index is 0.0725. The SMILES string of the molecule is Cc1ccc(S(=O)(=O)NCC(O)c2ccc(N(C)C)cc2)c(C)c1. The van der Waals surface area contributed by atoms with Gasteiger partial charge < -0.3 is 10.0 Å². The highest BCUT2D eigenvalue weighted by Crippen LogP contribution is 2.19. The van der Waals surface area contributed by atoms with Crippen molar-refractivity contribution in [1.82, 2.24) is 4.72 Å². The van der Waals surface area contributed by atoms with Crippen LogP contribution in [0.4, 0.5) is 5.69 Å². The number of aryl methyl sites for hydroxylation is 2. The molecule has 2 aromatic rings. The van der Waals surface area contributed by atoms with Crippen molar-refractivity contribution in [1.29, 1.82) is 0 Å². The van der Waals surface area contributed by atoms with E-state index in [9.17, 15) is 13.5 Å². The fourth-order valence-electron chi connectivity index (χ4n) is 2.48. The van der Waals surface area contributed by atoms with Gasteiger partial charge in [-0.3, -0.25) is 0 Å². The number of hydrogen-bond acceptors (Lipinski definition) is 4. The zero-order valence-corrected chi connectivity index (χ0v) is 15.3. The summed E-state index contributed by atoms with van der Waals surface area (Å²) in [6.45, 7) is 3.60. The van der Waals surface area contributed by atoms with Gasteiger partial charge in [0.05, 0.1) is 11.0 Å². The first-order chi connectivity index (χ1) is 11.2. The molecule has 0 spiro atoms. The lowest BCUT2D eigenvalue weighted by molar-refractivity contribution is 0.182. The Kier molecular flexibility index (Phi) is 5.64. The molecule has 0 fully saturated rings. The number of aliphatic hydroxyl groups excluding tert-OH is 1. The van der Waals surface area contributed by atoms with Crippen molar-refractivity contribution < 1.29 is 13.5 Å². The van der Waals surface area contributed by atoms with Crippen LogP contribution in [0.5, 0.6) is 0 Å². The number of benzene rings is 2. The van der Waals surface area contributed by atoms with Crippen LogP contribution in [0.3, 0.4) is 0 Å². The van der Waals surface area contributed by atoms with Crippen molar-refractivity contribution in [3.8, 4) is 0 Å². The van der Waals surface area contributed by atoms with Gasteiger partial charge >= 0.3 is 0 Å². The van der Waals surface area contributed by atoms with Crippen LogP contribution in [0.15, 0.2) is 47.4 Å². The molecule has 1 unspecified atom stereocenters. The summed E-state index contributed by atoms with van der Waals surface area (Å²) >= 11 is 0. The van der Waals surface area contributed by atoms with E-state index in [1.54, 1.807) is 31.2 Å². The largest absolute Gasteiger partial charge is 0.387 e. The van der Waals surface area contributed by atoms with Crippen LogP contribution in [0.2, 0.25) is 0 Å². The predicted octanol–water partition coefficient (Wildman–Crippen LogP) is 2.38. The molecule has 0 amide bonds. The van der Waals surface area contributed by atoms with Crippen molar-refractivity contribution in [3.63, 3.8) is 0 Å². The average molecular weight is 348 g/mol. The predicted molar refractivity (Wildman–Crippen MR) is 96.8 cm³/mol. The summed E-state index contributed by atoms with van der Waals surface area (Å²) in [5.74, 6) is 0. The molecular formula is C18H24N2O3S. The second-order valence-electron chi connectivity index (χ2n) is 6.12. The van der Waals surface area contributed by atoms with E-state index in [-0.39, 0.29) is 11.4 Å². The van der Waals surface area contributed by atoms with Crippen molar-refractivity contribution in [3.05, 3.63) is 59.2 Å². The van der Waals surface area contributed by atoms with Crippen molar-refractivity contribution >= 4 is 15.7 Å². The molecule has 0 aliphatic carbocycles. The molecule has 130 valence electrons. The van der Waals surface area contributed by atoms with E-state index in [0.717, 1.165) is 11.3 Å². The lowest BCUT2D eigenvalue weighted by Crippen LogP contribution is -2.29. The summed E-state index contributed by atoms with van der Waals surface area (Å²) < 4.78 is 27.3. The van der Waals surface area contributed by atoms with Crippen LogP contribution in [0, 0.1) is 13.8 Å². The first kappa shape index (κ1) is 18.4. The van der Waals surface area contributed by atoms with E-state index in [1.165, 1.54) is 0 Å². The lowest BCUT2D eigenvalue weighted by atomic mass is 10.1. The molecule has 24 heavy (non-hydrogen) atoms. The smallest absolute Gasteiger partial charge is 0.240 e. The van der Waals surface area contributed by atoms with E-state index in [0.29, 0.717) is 11.1 Å². The molecule has 0 saturated heterocycles. The number of sulfonamides is 1. The van der Waals surface area contributed by atoms with Crippen LogP contribution < -0.4 is 9.62 Å². The Hall–Kier alpha value is -1.89. The van der Waals surface area contributed by atoms with Crippen LogP contribution >= 0.6 is 0 Å². The van der Waals surface area contributed by atoms with Gasteiger partial charge in [0, 0.05) is 26.3 Å². The molecule has 2 N–H and O–H groups in total. The molecule has 0 aliphatic rings. The van der Waals surface area contributed by atoms with Crippen molar-refractivity contribution in [2.24, 2.45) is 0 Å². The summed E-state index contributed by atoms with van der Waals surface area (Å²) in [5, 5.41) is 10.2. The normalized spacial score (nSPS) is 12.9. The minimum Gasteiger partial charge on any atom is -0.387 e. The van der Waals surface area contributed by atoms with Gasteiger partial charge in [0.15, 0.2) is 0 Å². The monoisotopic (exact) mass is 348 g/mol. The molecule has 0 radical (unpaired) electrons. The second kappa shape index (κ2) is 7.34. The molecule has 0 aromatic heterocycles. The third-order valence-corrected chi connectivity index (χ3v) is 5.46. The summed E-state index contributed by atoms with van der Waals surface area (Å²) in [6.07, 6.45) is -0.901. The number of aliphatic hydroxyl groups is 1. The van der Waals surface area contributed by atoms with Gasteiger partial charge in [-0.2, -0.15) is 0 Å². The second-order valence-corrected chi connectivity index (χ2v) is 7.86. The van der Waals surface area contributed by atoms with Gasteiger partial charge in [-0.05, 0) is 43.2 Å². The maximum Gasteiger partial charge on any atom is 0.240 e. The molecule has 2 aromatic carbocycles. The first-order valence-electron chi connectivity index (χ1n) is 7.73. The van der Waals surface area contributed by atoms with Crippen LogP contribution in [-0.4, -0.2) is 34.2 Å². The van der Waals surface area contributed by atoms with Crippen molar-refractivity contribution in [2.75, 3.05) is 25.5 Å². The molecule has 0 bridgehead atoms. The quantitative estimate of drug-likeness (QED) is 0.841. The molecule has 0 aliphatic heterocycles. The third kappa shape index (κ3) is 4.35. The van der Waals surface area contributed by atoms with Gasteiger partial charge in [-0.15, -0.1) is 0 Å². The van der Waals surface area contributed by atoms with E-state index in [4.69, 9.17) is 0 Å². The maximum absolute atomic E-state index is 12.4. The number of anilines is 1.